The molecule has 2 heteroatoms. The average Bonchev–Trinajstić information content (AvgIpc) is 3.61. The van der Waals surface area contributed by atoms with Gasteiger partial charge in [-0.15, -0.1) is 0 Å². The second kappa shape index (κ2) is 9.38. The summed E-state index contributed by atoms with van der Waals surface area (Å²) in [4.78, 5) is 2.48. The molecular weight excluding hydrogens is 619 g/mol. The van der Waals surface area contributed by atoms with Gasteiger partial charge in [0.1, 0.15) is 0 Å². The summed E-state index contributed by atoms with van der Waals surface area (Å²) in [6.45, 7) is 14.3. The van der Waals surface area contributed by atoms with Crippen molar-refractivity contribution in [1.29, 1.82) is 0 Å². The van der Waals surface area contributed by atoms with Crippen molar-refractivity contribution in [2.24, 2.45) is 0 Å². The van der Waals surface area contributed by atoms with Crippen molar-refractivity contribution in [3.63, 3.8) is 0 Å². The molecule has 0 spiro atoms. The van der Waals surface area contributed by atoms with Gasteiger partial charge >= 0.3 is 0 Å². The molecule has 0 atom stereocenters. The van der Waals surface area contributed by atoms with Crippen LogP contribution in [0.15, 0.2) is 127 Å². The molecule has 2 nitrogen and oxygen atoms in total. The second-order valence-corrected chi connectivity index (χ2v) is 16.5. The maximum Gasteiger partial charge on any atom is 0.152 e. The summed E-state index contributed by atoms with van der Waals surface area (Å²) in [6, 6.07) is 47.7. The van der Waals surface area contributed by atoms with Crippen LogP contribution in [0, 0.1) is 0 Å². The topological polar surface area (TPSA) is 12.5 Å². The third-order valence-corrected chi connectivity index (χ3v) is 12.8. The van der Waals surface area contributed by atoms with Crippen molar-refractivity contribution in [2.75, 3.05) is 4.90 Å². The minimum absolute atomic E-state index is 0.0570. The van der Waals surface area contributed by atoms with E-state index in [1.54, 1.807) is 0 Å². The summed E-state index contributed by atoms with van der Waals surface area (Å²) >= 11 is 0. The molecule has 0 bridgehead atoms. The Morgan fingerprint density at radius 1 is 0.373 bits per heavy atom. The van der Waals surface area contributed by atoms with Gasteiger partial charge in [0.05, 0.1) is 17.1 Å². The Morgan fingerprint density at radius 2 is 0.882 bits per heavy atom. The highest BCUT2D eigenvalue weighted by Gasteiger charge is 2.44. The fourth-order valence-electron chi connectivity index (χ4n) is 10.1. The normalized spacial score (nSPS) is 17.0. The van der Waals surface area contributed by atoms with Crippen molar-refractivity contribution in [3.8, 4) is 44.9 Å². The number of para-hydroxylation sites is 2. The van der Waals surface area contributed by atoms with E-state index in [1.807, 2.05) is 0 Å². The molecule has 3 aliphatic carbocycles. The van der Waals surface area contributed by atoms with E-state index in [0.29, 0.717) is 0 Å². The van der Waals surface area contributed by atoms with Gasteiger partial charge in [0.2, 0.25) is 0 Å². The SMILES string of the molecule is CC1(C)c2ccccc2-c2cc3c(cc21)-c1c(cc(N2c4ccccc4Oc4cc5c(cc42)C(C)(C)c2ccccc2-5)c2ccccc12)C3(C)C. The lowest BCUT2D eigenvalue weighted by Gasteiger charge is -2.36. The minimum Gasteiger partial charge on any atom is -0.453 e. The fraction of sp³-hybridized carbons (Fsp3) is 0.184. The van der Waals surface area contributed by atoms with Crippen LogP contribution < -0.4 is 9.64 Å². The number of nitrogens with zero attached hydrogens (tertiary/aromatic N) is 1. The van der Waals surface area contributed by atoms with Crippen LogP contribution in [0.25, 0.3) is 44.2 Å². The average molecular weight is 658 g/mol. The monoisotopic (exact) mass is 657 g/mol. The van der Waals surface area contributed by atoms with E-state index in [4.69, 9.17) is 4.74 Å². The van der Waals surface area contributed by atoms with Crippen LogP contribution in [0.2, 0.25) is 0 Å². The molecule has 246 valence electrons. The molecule has 0 fully saturated rings. The lowest BCUT2D eigenvalue weighted by atomic mass is 9.79. The van der Waals surface area contributed by atoms with Crippen LogP contribution in [0.4, 0.5) is 17.1 Å². The zero-order valence-corrected chi connectivity index (χ0v) is 30.0. The Balaban J connectivity index is 1.18. The molecule has 4 aliphatic rings. The van der Waals surface area contributed by atoms with Gasteiger partial charge in [-0.1, -0.05) is 126 Å². The summed E-state index contributed by atoms with van der Waals surface area (Å²) in [6.07, 6.45) is 0. The highest BCUT2D eigenvalue weighted by molar-refractivity contribution is 6.11. The number of ether oxygens (including phenoxy) is 1. The van der Waals surface area contributed by atoms with Crippen LogP contribution in [0.5, 0.6) is 11.5 Å². The van der Waals surface area contributed by atoms with Gasteiger partial charge in [-0.05, 0) is 115 Å². The molecule has 11 rings (SSSR count). The number of fused-ring (bicyclic) bond motifs is 13. The molecule has 0 N–H and O–H groups in total. The lowest BCUT2D eigenvalue weighted by molar-refractivity contribution is 0.476. The predicted octanol–water partition coefficient (Wildman–Crippen LogP) is 13.3. The Hall–Kier alpha value is -5.60. The van der Waals surface area contributed by atoms with Crippen molar-refractivity contribution in [1.82, 2.24) is 0 Å². The molecule has 0 unspecified atom stereocenters. The van der Waals surface area contributed by atoms with Gasteiger partial charge in [-0.3, -0.25) is 0 Å². The maximum absolute atomic E-state index is 6.79. The zero-order chi connectivity index (χ0) is 34.6. The minimum atomic E-state index is -0.198. The molecule has 0 saturated heterocycles. The number of rotatable bonds is 1. The van der Waals surface area contributed by atoms with Gasteiger partial charge in [-0.25, -0.2) is 0 Å². The van der Waals surface area contributed by atoms with Crippen LogP contribution in [0.3, 0.4) is 0 Å². The van der Waals surface area contributed by atoms with Crippen LogP contribution in [-0.4, -0.2) is 0 Å². The molecule has 0 amide bonds. The first-order valence-corrected chi connectivity index (χ1v) is 18.3. The van der Waals surface area contributed by atoms with Crippen LogP contribution >= 0.6 is 0 Å². The third-order valence-electron chi connectivity index (χ3n) is 12.8. The summed E-state index contributed by atoms with van der Waals surface area (Å²) in [7, 11) is 0. The molecule has 0 aromatic heterocycles. The van der Waals surface area contributed by atoms with Crippen molar-refractivity contribution < 1.29 is 4.74 Å². The Kier molecular flexibility index (Phi) is 5.37. The number of hydrogen-bond donors (Lipinski definition) is 0. The van der Waals surface area contributed by atoms with Crippen LogP contribution in [0.1, 0.15) is 74.9 Å². The quantitative estimate of drug-likeness (QED) is 0.174. The third kappa shape index (κ3) is 3.53. The molecule has 0 saturated carbocycles. The summed E-state index contributed by atoms with van der Waals surface area (Å²) in [5.74, 6) is 1.77. The standard InChI is InChI=1S/C49H39NO/c1-47(2)35-19-11-9-15-28(35)32-23-38-34(24-37(32)47)46-31-18-8-7-17-30(31)42(27-40(46)49(38,5)6)50-41-21-13-14-22-44(41)51-45-25-33-29-16-10-12-20-36(29)48(3,4)39(33)26-43(45)50/h7-27H,1-6H3. The molecule has 1 heterocycles. The molecule has 51 heavy (non-hydrogen) atoms. The molecule has 7 aromatic carbocycles. The molecular formula is C49H39NO. The number of hydrogen-bond acceptors (Lipinski definition) is 2. The second-order valence-electron chi connectivity index (χ2n) is 16.5. The van der Waals surface area contributed by atoms with Gasteiger partial charge < -0.3 is 9.64 Å². The first kappa shape index (κ1) is 29.2. The summed E-state index contributed by atoms with van der Waals surface area (Å²) in [5.41, 5.74) is 19.4. The Labute approximate surface area is 300 Å². The first-order chi connectivity index (χ1) is 24.6. The van der Waals surface area contributed by atoms with E-state index in [1.165, 1.54) is 83.2 Å². The van der Waals surface area contributed by atoms with Crippen molar-refractivity contribution in [3.05, 3.63) is 161 Å². The van der Waals surface area contributed by atoms with Crippen molar-refractivity contribution in [2.45, 2.75) is 57.8 Å². The highest BCUT2D eigenvalue weighted by Crippen LogP contribution is 2.61. The zero-order valence-electron chi connectivity index (χ0n) is 30.0. The van der Waals surface area contributed by atoms with Gasteiger partial charge in [0, 0.05) is 21.6 Å². The highest BCUT2D eigenvalue weighted by atomic mass is 16.5. The maximum atomic E-state index is 6.79. The summed E-state index contributed by atoms with van der Waals surface area (Å²) < 4.78 is 6.79. The van der Waals surface area contributed by atoms with E-state index in [9.17, 15) is 0 Å². The largest absolute Gasteiger partial charge is 0.453 e. The van der Waals surface area contributed by atoms with E-state index >= 15 is 0 Å². The van der Waals surface area contributed by atoms with Gasteiger partial charge in [0.25, 0.3) is 0 Å². The first-order valence-electron chi connectivity index (χ1n) is 18.3. The van der Waals surface area contributed by atoms with Gasteiger partial charge in [-0.2, -0.15) is 0 Å². The van der Waals surface area contributed by atoms with Crippen LogP contribution in [-0.2, 0) is 16.2 Å². The Bertz CT molecular complexity index is 2710. The number of benzene rings is 7. The summed E-state index contributed by atoms with van der Waals surface area (Å²) in [5, 5.41) is 2.54. The van der Waals surface area contributed by atoms with Crippen molar-refractivity contribution >= 4 is 27.8 Å². The van der Waals surface area contributed by atoms with E-state index in [2.05, 4.69) is 174 Å². The predicted molar refractivity (Wildman–Crippen MR) is 211 cm³/mol. The Morgan fingerprint density at radius 3 is 1.61 bits per heavy atom. The van der Waals surface area contributed by atoms with E-state index < -0.39 is 0 Å². The lowest BCUT2D eigenvalue weighted by Crippen LogP contribution is -2.20. The smallest absolute Gasteiger partial charge is 0.152 e. The van der Waals surface area contributed by atoms with E-state index in [0.717, 1.165) is 22.9 Å². The molecule has 7 aromatic rings. The fourth-order valence-corrected chi connectivity index (χ4v) is 10.1. The van der Waals surface area contributed by atoms with E-state index in [-0.39, 0.29) is 16.2 Å². The molecule has 0 radical (unpaired) electrons. The molecule has 1 aliphatic heterocycles. The number of anilines is 3. The van der Waals surface area contributed by atoms with Gasteiger partial charge in [0.15, 0.2) is 11.5 Å².